The summed E-state index contributed by atoms with van der Waals surface area (Å²) in [5.74, 6) is -0.751. The van der Waals surface area contributed by atoms with Crippen molar-refractivity contribution in [3.8, 4) is 23.0 Å². The predicted octanol–water partition coefficient (Wildman–Crippen LogP) is 5.13. The number of fused-ring (bicyclic) bond motifs is 2. The minimum atomic E-state index is -1.11. The van der Waals surface area contributed by atoms with Gasteiger partial charge in [0.25, 0.3) is 0 Å². The average Bonchev–Trinajstić information content (AvgIpc) is 2.81. The van der Waals surface area contributed by atoms with Crippen molar-refractivity contribution in [1.29, 1.82) is 0 Å². The number of aromatic nitrogens is 2. The minimum Gasteiger partial charge on any atom is -0.481 e. The van der Waals surface area contributed by atoms with Crippen LogP contribution in [0.25, 0.3) is 17.3 Å². The zero-order valence-corrected chi connectivity index (χ0v) is 20.1. The van der Waals surface area contributed by atoms with Crippen LogP contribution in [0, 0.1) is 5.41 Å². The van der Waals surface area contributed by atoms with Crippen LogP contribution in [-0.4, -0.2) is 53.4 Å². The summed E-state index contributed by atoms with van der Waals surface area (Å²) in [4.78, 5) is 34.1. The largest absolute Gasteiger partial charge is 0.481 e. The highest BCUT2D eigenvalue weighted by Gasteiger charge is 2.44. The van der Waals surface area contributed by atoms with Gasteiger partial charge in [-0.1, -0.05) is 43.0 Å². The predicted molar refractivity (Wildman–Crippen MR) is 132 cm³/mol. The zero-order valence-electron chi connectivity index (χ0n) is 20.1. The Kier molecular flexibility index (Phi) is 7.27. The highest BCUT2D eigenvalue weighted by molar-refractivity contribution is 5.78. The first-order chi connectivity index (χ1) is 16.1. The number of benzene rings is 1. The highest BCUT2D eigenvalue weighted by Crippen LogP contribution is 2.51. The van der Waals surface area contributed by atoms with Gasteiger partial charge >= 0.3 is 5.97 Å². The number of carboxylic acids is 1. The van der Waals surface area contributed by atoms with Crippen LogP contribution < -0.4 is 4.74 Å². The number of carbonyl (C=O) groups is 2. The summed E-state index contributed by atoms with van der Waals surface area (Å²) in [7, 11) is 6.00. The molecule has 3 aromatic rings. The first kappa shape index (κ1) is 24.8. The molecule has 1 aliphatic rings. The molecule has 176 valence electrons. The van der Waals surface area contributed by atoms with Gasteiger partial charge in [0.2, 0.25) is 11.8 Å². The van der Waals surface area contributed by atoms with Crippen molar-refractivity contribution in [1.82, 2.24) is 14.9 Å². The number of aliphatic carboxylic acids is 1. The molecule has 7 heteroatoms. The molecule has 0 radical (unpaired) electrons. The summed E-state index contributed by atoms with van der Waals surface area (Å²) in [6.45, 7) is 7.11. The normalized spacial score (nSPS) is 14.1. The standard InChI is InChI=1S/C24H20N2O4.C3H9N/c1-4-16-9-10-17-20(24(2,3)23(28)29)18-11-12-19(26-22(18)30-21(17)25-16)15-7-5-14(13-27)6-8-15;1-4(2)3/h4-13,20H,1H2,2-3H3,(H,28,29);1-3H3. The van der Waals surface area contributed by atoms with Gasteiger partial charge in [-0.2, -0.15) is 0 Å². The van der Waals surface area contributed by atoms with Gasteiger partial charge < -0.3 is 14.7 Å². The lowest BCUT2D eigenvalue weighted by Crippen LogP contribution is -2.34. The van der Waals surface area contributed by atoms with Crippen molar-refractivity contribution >= 4 is 18.3 Å². The number of rotatable bonds is 5. The van der Waals surface area contributed by atoms with Crippen molar-refractivity contribution in [2.24, 2.45) is 5.41 Å². The summed E-state index contributed by atoms with van der Waals surface area (Å²) in [5, 5.41) is 9.90. The summed E-state index contributed by atoms with van der Waals surface area (Å²) in [6.07, 6.45) is 2.39. The van der Waals surface area contributed by atoms with E-state index in [1.54, 1.807) is 38.1 Å². The van der Waals surface area contributed by atoms with E-state index in [9.17, 15) is 14.7 Å². The van der Waals surface area contributed by atoms with E-state index in [4.69, 9.17) is 4.74 Å². The molecule has 0 amide bonds. The number of hydrogen-bond acceptors (Lipinski definition) is 6. The smallest absolute Gasteiger partial charge is 0.310 e. The zero-order chi connectivity index (χ0) is 25.0. The number of hydrogen-bond donors (Lipinski definition) is 1. The van der Waals surface area contributed by atoms with Crippen LogP contribution in [0.2, 0.25) is 0 Å². The second-order valence-electron chi connectivity index (χ2n) is 9.07. The van der Waals surface area contributed by atoms with Gasteiger partial charge in [-0.3, -0.25) is 9.59 Å². The van der Waals surface area contributed by atoms with E-state index >= 15 is 0 Å². The Hall–Kier alpha value is -3.84. The lowest BCUT2D eigenvalue weighted by Gasteiger charge is -2.35. The van der Waals surface area contributed by atoms with Crippen LogP contribution in [0.4, 0.5) is 0 Å². The van der Waals surface area contributed by atoms with Crippen LogP contribution in [-0.2, 0) is 4.79 Å². The number of nitrogens with zero attached hydrogens (tertiary/aromatic N) is 3. The van der Waals surface area contributed by atoms with Crippen molar-refractivity contribution < 1.29 is 19.4 Å². The molecule has 0 aliphatic carbocycles. The molecule has 0 fully saturated rings. The molecular formula is C27H29N3O4. The molecule has 1 atom stereocenters. The molecule has 1 N–H and O–H groups in total. The van der Waals surface area contributed by atoms with Gasteiger partial charge in [-0.15, -0.1) is 0 Å². The highest BCUT2D eigenvalue weighted by atomic mass is 16.5. The fraction of sp³-hybridized carbons (Fsp3) is 0.259. The Labute approximate surface area is 199 Å². The van der Waals surface area contributed by atoms with E-state index in [2.05, 4.69) is 16.5 Å². The van der Waals surface area contributed by atoms with Gasteiger partial charge in [0, 0.05) is 28.2 Å². The lowest BCUT2D eigenvalue weighted by molar-refractivity contribution is -0.147. The first-order valence-electron chi connectivity index (χ1n) is 10.8. The Morgan fingerprint density at radius 2 is 1.56 bits per heavy atom. The van der Waals surface area contributed by atoms with Gasteiger partial charge in [0.1, 0.15) is 6.29 Å². The van der Waals surface area contributed by atoms with Crippen LogP contribution in [0.5, 0.6) is 11.8 Å². The van der Waals surface area contributed by atoms with Crippen molar-refractivity contribution in [2.75, 3.05) is 21.1 Å². The molecule has 2 aromatic heterocycles. The molecule has 1 aromatic carbocycles. The maximum absolute atomic E-state index is 12.1. The molecule has 34 heavy (non-hydrogen) atoms. The van der Waals surface area contributed by atoms with Crippen LogP contribution in [0.15, 0.2) is 55.1 Å². The van der Waals surface area contributed by atoms with Gasteiger partial charge in [0.05, 0.1) is 16.8 Å². The average molecular weight is 460 g/mol. The number of carbonyl (C=O) groups excluding carboxylic acids is 1. The molecule has 0 saturated heterocycles. The van der Waals surface area contributed by atoms with Gasteiger partial charge in [0.15, 0.2) is 0 Å². The van der Waals surface area contributed by atoms with Crippen LogP contribution in [0.1, 0.15) is 46.9 Å². The third-order valence-electron chi connectivity index (χ3n) is 5.44. The number of ether oxygens (including phenoxy) is 1. The molecule has 7 nitrogen and oxygen atoms in total. The van der Waals surface area contributed by atoms with Crippen LogP contribution >= 0.6 is 0 Å². The Morgan fingerprint density at radius 3 is 2.09 bits per heavy atom. The fourth-order valence-corrected chi connectivity index (χ4v) is 3.69. The monoisotopic (exact) mass is 459 g/mol. The lowest BCUT2D eigenvalue weighted by atomic mass is 9.71. The first-order valence-corrected chi connectivity index (χ1v) is 10.8. The molecule has 1 aliphatic heterocycles. The summed E-state index contributed by atoms with van der Waals surface area (Å²) in [5.41, 5.74) is 2.96. The molecule has 3 heterocycles. The van der Waals surface area contributed by atoms with E-state index in [0.29, 0.717) is 39.8 Å². The maximum atomic E-state index is 12.1. The van der Waals surface area contributed by atoms with E-state index in [1.165, 1.54) is 0 Å². The third kappa shape index (κ3) is 5.05. The van der Waals surface area contributed by atoms with Crippen LogP contribution in [0.3, 0.4) is 0 Å². The second-order valence-corrected chi connectivity index (χ2v) is 9.07. The SMILES string of the molecule is C=Cc1ccc2c(n1)Oc1nc(-c3ccc(C=O)cc3)ccc1C2C(C)(C)C(=O)O.CN(C)C. The van der Waals surface area contributed by atoms with Crippen molar-refractivity contribution in [2.45, 2.75) is 19.8 Å². The quantitative estimate of drug-likeness (QED) is 0.529. The van der Waals surface area contributed by atoms with E-state index < -0.39 is 17.3 Å². The summed E-state index contributed by atoms with van der Waals surface area (Å²) in [6, 6.07) is 14.4. The molecule has 0 saturated carbocycles. The number of pyridine rings is 2. The summed E-state index contributed by atoms with van der Waals surface area (Å²) < 4.78 is 6.01. The third-order valence-corrected chi connectivity index (χ3v) is 5.44. The molecule has 0 spiro atoms. The topological polar surface area (TPSA) is 92.6 Å². The van der Waals surface area contributed by atoms with Crippen molar-refractivity contribution in [3.05, 3.63) is 77.5 Å². The minimum absolute atomic E-state index is 0.326. The summed E-state index contributed by atoms with van der Waals surface area (Å²) >= 11 is 0. The van der Waals surface area contributed by atoms with E-state index in [1.807, 2.05) is 56.4 Å². The van der Waals surface area contributed by atoms with E-state index in [0.717, 1.165) is 11.8 Å². The van der Waals surface area contributed by atoms with E-state index in [-0.39, 0.29) is 0 Å². The van der Waals surface area contributed by atoms with Crippen molar-refractivity contribution in [3.63, 3.8) is 0 Å². The maximum Gasteiger partial charge on any atom is 0.310 e. The van der Waals surface area contributed by atoms with Gasteiger partial charge in [-0.05, 0) is 53.2 Å². The molecule has 4 rings (SSSR count). The molecular weight excluding hydrogens is 430 g/mol. The molecule has 1 unspecified atom stereocenters. The second kappa shape index (κ2) is 9.97. The Bertz CT molecular complexity index is 1210. The number of aldehydes is 1. The van der Waals surface area contributed by atoms with Gasteiger partial charge in [-0.25, -0.2) is 9.97 Å². The fourth-order valence-electron chi connectivity index (χ4n) is 3.69. The number of carboxylic acid groups (broad SMARTS) is 1. The Morgan fingerprint density at radius 1 is 1.00 bits per heavy atom. The molecule has 0 bridgehead atoms. The Balaban J connectivity index is 0.000000751.